The van der Waals surface area contributed by atoms with E-state index in [9.17, 15) is 4.79 Å². The van der Waals surface area contributed by atoms with Crippen molar-refractivity contribution in [3.63, 3.8) is 0 Å². The Kier molecular flexibility index (Phi) is 4.69. The molecule has 0 saturated carbocycles. The largest absolute Gasteiger partial charge is 0.328 e. The van der Waals surface area contributed by atoms with Crippen LogP contribution >= 0.6 is 0 Å². The first-order valence-electron chi connectivity index (χ1n) is 8.82. The Bertz CT molecular complexity index is 948. The van der Waals surface area contributed by atoms with E-state index in [0.717, 1.165) is 24.2 Å². The summed E-state index contributed by atoms with van der Waals surface area (Å²) < 4.78 is 0. The number of rotatable bonds is 4. The van der Waals surface area contributed by atoms with Crippen LogP contribution in [0.1, 0.15) is 40.8 Å². The molecule has 8 heteroatoms. The van der Waals surface area contributed by atoms with Crippen molar-refractivity contribution in [1.82, 2.24) is 30.0 Å². The summed E-state index contributed by atoms with van der Waals surface area (Å²) in [6.45, 7) is 2.58. The average Bonchev–Trinajstić information content (AvgIpc) is 3.18. The summed E-state index contributed by atoms with van der Waals surface area (Å²) in [5.41, 5.74) is 1.98. The van der Waals surface area contributed by atoms with Crippen LogP contribution in [-0.4, -0.2) is 42.5 Å². The number of nitrogens with zero attached hydrogens (tertiary/aromatic N) is 6. The summed E-state index contributed by atoms with van der Waals surface area (Å²) in [6.07, 6.45) is 6.55. The summed E-state index contributed by atoms with van der Waals surface area (Å²) >= 11 is 0. The van der Waals surface area contributed by atoms with Gasteiger partial charge < -0.3 is 10.2 Å². The fourth-order valence-electron chi connectivity index (χ4n) is 3.28. The molecule has 1 fully saturated rings. The Hall–Kier alpha value is -3.42. The molecule has 1 N–H and O–H groups in total. The van der Waals surface area contributed by atoms with Crippen molar-refractivity contribution in [1.29, 1.82) is 0 Å². The van der Waals surface area contributed by atoms with Crippen molar-refractivity contribution in [2.45, 2.75) is 25.8 Å². The minimum atomic E-state index is -0.166. The van der Waals surface area contributed by atoms with Gasteiger partial charge in [0.25, 0.3) is 5.91 Å². The van der Waals surface area contributed by atoms with Gasteiger partial charge in [-0.1, -0.05) is 6.07 Å². The van der Waals surface area contributed by atoms with Gasteiger partial charge in [0.15, 0.2) is 11.5 Å². The first-order valence-corrected chi connectivity index (χ1v) is 8.82. The third-order valence-electron chi connectivity index (χ3n) is 4.48. The lowest BCUT2D eigenvalue weighted by molar-refractivity contribution is 0.0726. The third kappa shape index (κ3) is 3.59. The summed E-state index contributed by atoms with van der Waals surface area (Å²) in [4.78, 5) is 28.1. The summed E-state index contributed by atoms with van der Waals surface area (Å²) in [7, 11) is 0. The molecule has 3 aromatic heterocycles. The predicted octanol–water partition coefficient (Wildman–Crippen LogP) is 2.69. The van der Waals surface area contributed by atoms with E-state index in [4.69, 9.17) is 0 Å². The quantitative estimate of drug-likeness (QED) is 0.763. The lowest BCUT2D eigenvalue weighted by atomic mass is 10.1. The first-order chi connectivity index (χ1) is 13.2. The maximum atomic E-state index is 12.9. The smallest absolute Gasteiger partial charge is 0.274 e. The second kappa shape index (κ2) is 7.45. The van der Waals surface area contributed by atoms with Gasteiger partial charge in [-0.3, -0.25) is 9.78 Å². The van der Waals surface area contributed by atoms with Gasteiger partial charge in [0.05, 0.1) is 6.04 Å². The number of nitrogens with one attached hydrogen (secondary N) is 1. The second-order valence-electron chi connectivity index (χ2n) is 6.34. The topological polar surface area (TPSA) is 96.8 Å². The molecule has 8 nitrogen and oxygen atoms in total. The minimum Gasteiger partial charge on any atom is -0.328 e. The molecule has 0 radical (unpaired) electrons. The van der Waals surface area contributed by atoms with E-state index in [2.05, 4.69) is 30.5 Å². The number of aromatic nitrogens is 5. The van der Waals surface area contributed by atoms with Crippen LogP contribution in [-0.2, 0) is 0 Å². The predicted molar refractivity (Wildman–Crippen MR) is 99.3 cm³/mol. The maximum Gasteiger partial charge on any atom is 0.274 e. The van der Waals surface area contributed by atoms with Crippen molar-refractivity contribution in [2.24, 2.45) is 0 Å². The molecule has 0 spiro atoms. The monoisotopic (exact) mass is 361 g/mol. The molecule has 4 rings (SSSR count). The Morgan fingerprint density at radius 2 is 2.04 bits per heavy atom. The normalized spacial score (nSPS) is 16.3. The van der Waals surface area contributed by atoms with Crippen LogP contribution in [0.2, 0.25) is 0 Å². The van der Waals surface area contributed by atoms with Crippen molar-refractivity contribution >= 4 is 17.5 Å². The number of amides is 1. The van der Waals surface area contributed by atoms with E-state index in [0.29, 0.717) is 23.9 Å². The molecule has 4 heterocycles. The highest BCUT2D eigenvalue weighted by atomic mass is 16.2. The zero-order valence-electron chi connectivity index (χ0n) is 14.9. The van der Waals surface area contributed by atoms with Crippen molar-refractivity contribution in [2.75, 3.05) is 11.9 Å². The Morgan fingerprint density at radius 1 is 1.15 bits per heavy atom. The highest BCUT2D eigenvalue weighted by Gasteiger charge is 2.34. The number of hydrogen-bond acceptors (Lipinski definition) is 7. The van der Waals surface area contributed by atoms with Crippen molar-refractivity contribution < 1.29 is 4.79 Å². The molecule has 1 aliphatic rings. The van der Waals surface area contributed by atoms with Gasteiger partial charge in [0.1, 0.15) is 11.5 Å². The van der Waals surface area contributed by atoms with Gasteiger partial charge in [0, 0.05) is 30.8 Å². The van der Waals surface area contributed by atoms with E-state index in [1.807, 2.05) is 25.1 Å². The highest BCUT2D eigenvalue weighted by Crippen LogP contribution is 2.35. The van der Waals surface area contributed by atoms with E-state index >= 15 is 0 Å². The molecule has 0 aromatic carbocycles. The van der Waals surface area contributed by atoms with Gasteiger partial charge >= 0.3 is 0 Å². The molecule has 27 heavy (non-hydrogen) atoms. The van der Waals surface area contributed by atoms with E-state index in [-0.39, 0.29) is 11.9 Å². The van der Waals surface area contributed by atoms with Gasteiger partial charge in [-0.25, -0.2) is 9.97 Å². The van der Waals surface area contributed by atoms with Gasteiger partial charge in [0.2, 0.25) is 0 Å². The number of aryl methyl sites for hydroxylation is 1. The van der Waals surface area contributed by atoms with Gasteiger partial charge in [-0.15, -0.1) is 5.10 Å². The van der Waals surface area contributed by atoms with Crippen LogP contribution in [0.15, 0.2) is 48.9 Å². The number of likely N-dealkylation sites (tertiary alicyclic amines) is 1. The average molecular weight is 361 g/mol. The van der Waals surface area contributed by atoms with Crippen LogP contribution < -0.4 is 5.32 Å². The Labute approximate surface area is 156 Å². The lowest BCUT2D eigenvalue weighted by Crippen LogP contribution is -2.32. The molecule has 1 saturated heterocycles. The van der Waals surface area contributed by atoms with Gasteiger partial charge in [-0.05, 0) is 44.0 Å². The number of pyridine rings is 1. The molecular weight excluding hydrogens is 342 g/mol. The van der Waals surface area contributed by atoms with E-state index < -0.39 is 0 Å². The summed E-state index contributed by atoms with van der Waals surface area (Å²) in [5.74, 6) is 1.16. The molecule has 1 atom stereocenters. The Morgan fingerprint density at radius 3 is 2.85 bits per heavy atom. The second-order valence-corrected chi connectivity index (χ2v) is 6.34. The molecule has 1 amide bonds. The fourth-order valence-corrected chi connectivity index (χ4v) is 3.28. The molecule has 0 aliphatic carbocycles. The highest BCUT2D eigenvalue weighted by molar-refractivity contribution is 5.92. The van der Waals surface area contributed by atoms with Crippen LogP contribution in [0.25, 0.3) is 0 Å². The zero-order valence-corrected chi connectivity index (χ0v) is 14.9. The minimum absolute atomic E-state index is 0.143. The van der Waals surface area contributed by atoms with Gasteiger partial charge in [-0.2, -0.15) is 5.10 Å². The zero-order chi connectivity index (χ0) is 18.6. The molecule has 0 bridgehead atoms. The molecule has 136 valence electrons. The molecule has 3 aromatic rings. The number of anilines is 2. The van der Waals surface area contributed by atoms with E-state index in [1.54, 1.807) is 35.6 Å². The van der Waals surface area contributed by atoms with Crippen LogP contribution in [0.3, 0.4) is 0 Å². The summed E-state index contributed by atoms with van der Waals surface area (Å²) in [6, 6.07) is 8.96. The molecule has 0 unspecified atom stereocenters. The lowest BCUT2D eigenvalue weighted by Gasteiger charge is -2.25. The summed E-state index contributed by atoms with van der Waals surface area (Å²) in [5, 5.41) is 11.0. The first kappa shape index (κ1) is 17.0. The van der Waals surface area contributed by atoms with Crippen LogP contribution in [0, 0.1) is 6.92 Å². The molecular formula is C19H19N7O. The van der Waals surface area contributed by atoms with Crippen LogP contribution in [0.5, 0.6) is 0 Å². The SMILES string of the molecule is Cc1cccc(Nc2nccnc2[C@@H]2CCCN2C(=O)c2cccnn2)n1. The van der Waals surface area contributed by atoms with E-state index in [1.165, 1.54) is 0 Å². The number of hydrogen-bond donors (Lipinski definition) is 1. The molecule has 1 aliphatic heterocycles. The number of carbonyl (C=O) groups excluding carboxylic acids is 1. The van der Waals surface area contributed by atoms with Crippen molar-refractivity contribution in [3.05, 3.63) is 66.0 Å². The van der Waals surface area contributed by atoms with Crippen molar-refractivity contribution in [3.8, 4) is 0 Å². The standard InChI is InChI=1S/C19H19N7O/c1-13-5-2-8-16(23-13)24-18-17(20-10-11-21-18)15-7-4-12-26(15)19(27)14-6-3-9-22-25-14/h2-3,5-6,8-11,15H,4,7,12H2,1H3,(H,21,23,24)/t15-/m0/s1. The maximum absolute atomic E-state index is 12.9. The Balaban J connectivity index is 1.63. The number of carbonyl (C=O) groups is 1. The third-order valence-corrected chi connectivity index (χ3v) is 4.48. The fraction of sp³-hybridized carbons (Fsp3) is 0.263. The van der Waals surface area contributed by atoms with Crippen LogP contribution in [0.4, 0.5) is 11.6 Å².